The average molecular weight is 370 g/mol. The van der Waals surface area contributed by atoms with Crippen LogP contribution in [0.15, 0.2) is 30.3 Å². The second kappa shape index (κ2) is 8.01. The Labute approximate surface area is 161 Å². The summed E-state index contributed by atoms with van der Waals surface area (Å²) in [6.07, 6.45) is 7.40. The second-order valence-corrected chi connectivity index (χ2v) is 8.53. The van der Waals surface area contributed by atoms with Gasteiger partial charge in [-0.3, -0.25) is 9.59 Å². The highest BCUT2D eigenvalue weighted by Gasteiger charge is 2.45. The van der Waals surface area contributed by atoms with Gasteiger partial charge in [-0.15, -0.1) is 0 Å². The number of amides is 2. The van der Waals surface area contributed by atoms with Crippen molar-refractivity contribution in [3.8, 4) is 0 Å². The number of hydrogen-bond donors (Lipinski definition) is 0. The topological polar surface area (TPSA) is 49.9 Å². The van der Waals surface area contributed by atoms with Crippen molar-refractivity contribution >= 4 is 11.8 Å². The van der Waals surface area contributed by atoms with Crippen LogP contribution in [0, 0.1) is 5.41 Å². The summed E-state index contributed by atoms with van der Waals surface area (Å²) in [7, 11) is 0. The molecule has 1 spiro atoms. The molecule has 2 aliphatic heterocycles. The van der Waals surface area contributed by atoms with Crippen LogP contribution in [-0.4, -0.2) is 53.9 Å². The van der Waals surface area contributed by atoms with Gasteiger partial charge in [0.25, 0.3) is 0 Å². The molecular weight excluding hydrogens is 340 g/mol. The lowest BCUT2D eigenvalue weighted by Crippen LogP contribution is -2.47. The average Bonchev–Trinajstić information content (AvgIpc) is 3.27. The van der Waals surface area contributed by atoms with Crippen molar-refractivity contribution in [3.63, 3.8) is 0 Å². The van der Waals surface area contributed by atoms with E-state index in [4.69, 9.17) is 4.74 Å². The molecule has 0 bridgehead atoms. The first kappa shape index (κ1) is 18.5. The Balaban J connectivity index is 1.28. The third-order valence-corrected chi connectivity index (χ3v) is 6.45. The fourth-order valence-electron chi connectivity index (χ4n) is 4.94. The summed E-state index contributed by atoms with van der Waals surface area (Å²) < 4.78 is 6.04. The molecule has 2 heterocycles. The van der Waals surface area contributed by atoms with Gasteiger partial charge in [0.15, 0.2) is 0 Å². The van der Waals surface area contributed by atoms with Gasteiger partial charge in [-0.25, -0.2) is 0 Å². The van der Waals surface area contributed by atoms with Crippen LogP contribution in [-0.2, 0) is 20.9 Å². The first-order chi connectivity index (χ1) is 13.1. The number of carbonyl (C=O) groups excluding carboxylic acids is 2. The second-order valence-electron chi connectivity index (χ2n) is 8.53. The van der Waals surface area contributed by atoms with Crippen LogP contribution >= 0.6 is 0 Å². The van der Waals surface area contributed by atoms with Gasteiger partial charge in [0.2, 0.25) is 11.8 Å². The molecule has 0 N–H and O–H groups in total. The first-order valence-corrected chi connectivity index (χ1v) is 10.3. The molecule has 0 aromatic heterocycles. The highest BCUT2D eigenvalue weighted by atomic mass is 16.5. The third-order valence-electron chi connectivity index (χ3n) is 6.45. The molecule has 27 heavy (non-hydrogen) atoms. The van der Waals surface area contributed by atoms with E-state index in [0.29, 0.717) is 19.6 Å². The van der Waals surface area contributed by atoms with E-state index in [9.17, 15) is 9.59 Å². The Morgan fingerprint density at radius 1 is 1.15 bits per heavy atom. The SMILES string of the molecule is O=C(CN1CC2(CCCC2)CC1=O)N1CCC[C@H](OCc2ccccc2)C1. The summed E-state index contributed by atoms with van der Waals surface area (Å²) in [5.74, 6) is 0.241. The summed E-state index contributed by atoms with van der Waals surface area (Å²) in [6, 6.07) is 10.1. The normalized spacial score (nSPS) is 24.7. The molecule has 5 heteroatoms. The first-order valence-electron chi connectivity index (χ1n) is 10.3. The molecule has 0 radical (unpaired) electrons. The molecule has 3 aliphatic rings. The maximum Gasteiger partial charge on any atom is 0.242 e. The van der Waals surface area contributed by atoms with Gasteiger partial charge in [-0.2, -0.15) is 0 Å². The van der Waals surface area contributed by atoms with Gasteiger partial charge in [-0.1, -0.05) is 43.2 Å². The largest absolute Gasteiger partial charge is 0.372 e. The Bertz CT molecular complexity index is 669. The van der Waals surface area contributed by atoms with Gasteiger partial charge in [0.1, 0.15) is 0 Å². The van der Waals surface area contributed by atoms with Gasteiger partial charge in [0.05, 0.1) is 19.3 Å². The molecule has 1 saturated carbocycles. The smallest absolute Gasteiger partial charge is 0.242 e. The van der Waals surface area contributed by atoms with Crippen molar-refractivity contribution in [2.24, 2.45) is 5.41 Å². The number of nitrogens with zero attached hydrogens (tertiary/aromatic N) is 2. The van der Waals surface area contributed by atoms with Crippen LogP contribution in [0.2, 0.25) is 0 Å². The van der Waals surface area contributed by atoms with Gasteiger partial charge < -0.3 is 14.5 Å². The van der Waals surface area contributed by atoms with Crippen LogP contribution in [0.5, 0.6) is 0 Å². The van der Waals surface area contributed by atoms with Crippen LogP contribution in [0.25, 0.3) is 0 Å². The molecule has 3 fully saturated rings. The van der Waals surface area contributed by atoms with Crippen molar-refractivity contribution in [1.29, 1.82) is 0 Å². The van der Waals surface area contributed by atoms with Gasteiger partial charge in [-0.05, 0) is 36.7 Å². The number of carbonyl (C=O) groups is 2. The fourth-order valence-corrected chi connectivity index (χ4v) is 4.94. The number of benzene rings is 1. The van der Waals surface area contributed by atoms with Crippen molar-refractivity contribution in [2.45, 2.75) is 57.7 Å². The van der Waals surface area contributed by atoms with E-state index >= 15 is 0 Å². The van der Waals surface area contributed by atoms with Crippen LogP contribution < -0.4 is 0 Å². The summed E-state index contributed by atoms with van der Waals surface area (Å²) in [4.78, 5) is 28.9. The number of ether oxygens (including phenoxy) is 1. The maximum absolute atomic E-state index is 12.8. The van der Waals surface area contributed by atoms with Crippen LogP contribution in [0.1, 0.15) is 50.5 Å². The minimum atomic E-state index is 0.0754. The zero-order valence-corrected chi connectivity index (χ0v) is 16.1. The Kier molecular flexibility index (Phi) is 5.48. The van der Waals surface area contributed by atoms with Crippen molar-refractivity contribution in [1.82, 2.24) is 9.80 Å². The maximum atomic E-state index is 12.8. The van der Waals surface area contributed by atoms with E-state index in [-0.39, 0.29) is 29.9 Å². The predicted octanol–water partition coefficient (Wildman–Crippen LogP) is 2.99. The quantitative estimate of drug-likeness (QED) is 0.801. The molecule has 1 aliphatic carbocycles. The molecule has 4 rings (SSSR count). The molecule has 146 valence electrons. The molecular formula is C22H30N2O3. The van der Waals surface area contributed by atoms with Crippen molar-refractivity contribution in [2.75, 3.05) is 26.2 Å². The fraction of sp³-hybridized carbons (Fsp3) is 0.636. The molecule has 1 aromatic rings. The molecule has 5 nitrogen and oxygen atoms in total. The lowest BCUT2D eigenvalue weighted by molar-refractivity contribution is -0.141. The highest BCUT2D eigenvalue weighted by molar-refractivity contribution is 5.86. The highest BCUT2D eigenvalue weighted by Crippen LogP contribution is 2.45. The van der Waals surface area contributed by atoms with E-state index in [1.165, 1.54) is 12.8 Å². The number of piperidine rings is 1. The van der Waals surface area contributed by atoms with Gasteiger partial charge >= 0.3 is 0 Å². The van der Waals surface area contributed by atoms with Crippen LogP contribution in [0.4, 0.5) is 0 Å². The summed E-state index contributed by atoms with van der Waals surface area (Å²) in [5.41, 5.74) is 1.33. The Morgan fingerprint density at radius 3 is 2.70 bits per heavy atom. The van der Waals surface area contributed by atoms with Crippen molar-refractivity contribution < 1.29 is 14.3 Å². The van der Waals surface area contributed by atoms with E-state index < -0.39 is 0 Å². The number of hydrogen-bond acceptors (Lipinski definition) is 3. The minimum Gasteiger partial charge on any atom is -0.372 e. The lowest BCUT2D eigenvalue weighted by atomic mass is 9.85. The van der Waals surface area contributed by atoms with E-state index in [1.807, 2.05) is 28.0 Å². The summed E-state index contributed by atoms with van der Waals surface area (Å²) >= 11 is 0. The standard InChI is InChI=1S/C22H30N2O3/c25-20-13-22(10-4-5-11-22)17-24(20)15-21(26)23-12-6-9-19(14-23)27-16-18-7-2-1-3-8-18/h1-3,7-8,19H,4-6,9-17H2/t19-/m0/s1. The van der Waals surface area contributed by atoms with Crippen molar-refractivity contribution in [3.05, 3.63) is 35.9 Å². The monoisotopic (exact) mass is 370 g/mol. The molecule has 1 atom stereocenters. The summed E-state index contributed by atoms with van der Waals surface area (Å²) in [6.45, 7) is 3.02. The summed E-state index contributed by atoms with van der Waals surface area (Å²) in [5, 5.41) is 0. The van der Waals surface area contributed by atoms with E-state index in [1.54, 1.807) is 0 Å². The zero-order chi connectivity index (χ0) is 18.7. The molecule has 0 unspecified atom stereocenters. The molecule has 1 aromatic carbocycles. The van der Waals surface area contributed by atoms with Crippen LogP contribution in [0.3, 0.4) is 0 Å². The predicted molar refractivity (Wildman–Crippen MR) is 103 cm³/mol. The van der Waals surface area contributed by atoms with Gasteiger partial charge in [0, 0.05) is 26.1 Å². The van der Waals surface area contributed by atoms with E-state index in [2.05, 4.69) is 12.1 Å². The number of likely N-dealkylation sites (tertiary alicyclic amines) is 2. The number of rotatable bonds is 5. The Hall–Kier alpha value is -1.88. The lowest BCUT2D eigenvalue weighted by Gasteiger charge is -2.34. The Morgan fingerprint density at radius 2 is 1.93 bits per heavy atom. The third kappa shape index (κ3) is 4.34. The zero-order valence-electron chi connectivity index (χ0n) is 16.1. The molecule has 2 saturated heterocycles. The van der Waals surface area contributed by atoms with E-state index in [0.717, 1.165) is 44.3 Å². The minimum absolute atomic E-state index is 0.0754. The molecule has 2 amide bonds.